The molecule has 5 aromatic carbocycles. The summed E-state index contributed by atoms with van der Waals surface area (Å²) in [6.45, 7) is 1.34. The number of nitrogens with one attached hydrogen (secondary N) is 2. The lowest BCUT2D eigenvalue weighted by Crippen LogP contribution is -2.32. The molecule has 0 aliphatic rings. The number of rotatable bonds is 10. The Balaban J connectivity index is 1.64. The van der Waals surface area contributed by atoms with Gasteiger partial charge in [0.05, 0.1) is 12.8 Å². The number of benzene rings is 5. The third kappa shape index (κ3) is 6.19. The minimum atomic E-state index is -0.458. The van der Waals surface area contributed by atoms with E-state index in [1.165, 1.54) is 11.9 Å². The molecular weight excluding hydrogens is 534 g/mol. The summed E-state index contributed by atoms with van der Waals surface area (Å²) in [5.74, 6) is 1.29. The van der Waals surface area contributed by atoms with Crippen molar-refractivity contribution in [2.24, 2.45) is 0 Å². The van der Waals surface area contributed by atoms with Gasteiger partial charge in [0.15, 0.2) is 0 Å². The summed E-state index contributed by atoms with van der Waals surface area (Å²) in [6.07, 6.45) is 0.339. The van der Waals surface area contributed by atoms with Crippen LogP contribution in [0.4, 0.5) is 10.5 Å². The summed E-state index contributed by atoms with van der Waals surface area (Å²) in [5.41, 5.74) is 2.05. The van der Waals surface area contributed by atoms with Gasteiger partial charge in [-0.2, -0.15) is 0 Å². The third-order valence-electron chi connectivity index (χ3n) is 6.93. The first kappa shape index (κ1) is 28.1. The number of fused-ring (bicyclic) bond motifs is 2. The lowest BCUT2D eigenvalue weighted by Gasteiger charge is -2.22. The zero-order chi connectivity index (χ0) is 28.8. The first-order valence-electron chi connectivity index (χ1n) is 13.4. The maximum Gasteiger partial charge on any atom is 0.415 e. The van der Waals surface area contributed by atoms with E-state index in [-0.39, 0.29) is 5.75 Å². The van der Waals surface area contributed by atoms with E-state index in [1.807, 2.05) is 92.0 Å². The molecule has 1 amide bonds. The summed E-state index contributed by atoms with van der Waals surface area (Å²) in [6, 6.07) is 29.0. The SMILES string of the molecule is CNCCCN(C)C(=O)Oc1c(-c2c(O)ccc3ccccc23)cc(NSc2ccc(OC)cc2)c2ccccc12. The number of phenolic OH excluding ortho intramolecular Hbond substituents is 1. The molecule has 0 aliphatic carbocycles. The van der Waals surface area contributed by atoms with E-state index in [2.05, 4.69) is 10.0 Å². The van der Waals surface area contributed by atoms with E-state index < -0.39 is 6.09 Å². The minimum absolute atomic E-state index is 0.104. The highest BCUT2D eigenvalue weighted by Crippen LogP contribution is 2.47. The number of amides is 1. The molecule has 0 heterocycles. The minimum Gasteiger partial charge on any atom is -0.507 e. The number of ether oxygens (including phenoxy) is 2. The smallest absolute Gasteiger partial charge is 0.415 e. The fourth-order valence-corrected chi connectivity index (χ4v) is 5.45. The van der Waals surface area contributed by atoms with Crippen LogP contribution >= 0.6 is 11.9 Å². The highest BCUT2D eigenvalue weighted by molar-refractivity contribution is 8.00. The molecule has 0 aromatic heterocycles. The van der Waals surface area contributed by atoms with Gasteiger partial charge in [0.1, 0.15) is 17.2 Å². The highest BCUT2D eigenvalue weighted by Gasteiger charge is 2.23. The van der Waals surface area contributed by atoms with Crippen molar-refractivity contribution in [3.05, 3.63) is 91.0 Å². The van der Waals surface area contributed by atoms with E-state index in [0.717, 1.165) is 50.8 Å². The molecule has 210 valence electrons. The Kier molecular flexibility index (Phi) is 8.82. The molecule has 7 nitrogen and oxygen atoms in total. The molecule has 0 saturated heterocycles. The maximum absolute atomic E-state index is 13.3. The molecule has 0 fully saturated rings. The Hall–Kier alpha value is -4.40. The van der Waals surface area contributed by atoms with Crippen molar-refractivity contribution in [1.82, 2.24) is 10.2 Å². The normalized spacial score (nSPS) is 11.0. The van der Waals surface area contributed by atoms with Gasteiger partial charge < -0.3 is 29.5 Å². The van der Waals surface area contributed by atoms with Crippen molar-refractivity contribution in [1.29, 1.82) is 0 Å². The quantitative estimate of drug-likeness (QED) is 0.119. The predicted octanol–water partition coefficient (Wildman–Crippen LogP) is 7.53. The van der Waals surface area contributed by atoms with E-state index in [1.54, 1.807) is 25.1 Å². The summed E-state index contributed by atoms with van der Waals surface area (Å²) in [7, 11) is 5.26. The van der Waals surface area contributed by atoms with Crippen LogP contribution in [0.5, 0.6) is 17.2 Å². The van der Waals surface area contributed by atoms with Crippen LogP contribution in [0.3, 0.4) is 0 Å². The largest absolute Gasteiger partial charge is 0.507 e. The molecule has 5 rings (SSSR count). The van der Waals surface area contributed by atoms with Gasteiger partial charge in [-0.15, -0.1) is 0 Å². The van der Waals surface area contributed by atoms with Gasteiger partial charge in [0.2, 0.25) is 0 Å². The Labute approximate surface area is 244 Å². The average molecular weight is 568 g/mol. The predicted molar refractivity (Wildman–Crippen MR) is 168 cm³/mol. The number of phenols is 1. The van der Waals surface area contributed by atoms with Crippen molar-refractivity contribution in [2.45, 2.75) is 11.3 Å². The second kappa shape index (κ2) is 12.8. The van der Waals surface area contributed by atoms with E-state index in [0.29, 0.717) is 23.4 Å². The lowest BCUT2D eigenvalue weighted by molar-refractivity contribution is 0.163. The number of carbonyl (C=O) groups excluding carboxylic acids is 1. The molecule has 0 aliphatic heterocycles. The van der Waals surface area contributed by atoms with Crippen LogP contribution < -0.4 is 19.5 Å². The van der Waals surface area contributed by atoms with E-state index in [9.17, 15) is 9.90 Å². The summed E-state index contributed by atoms with van der Waals surface area (Å²) < 4.78 is 14.9. The van der Waals surface area contributed by atoms with Crippen LogP contribution in [0.15, 0.2) is 95.9 Å². The highest BCUT2D eigenvalue weighted by atomic mass is 32.2. The average Bonchev–Trinajstić information content (AvgIpc) is 3.01. The third-order valence-corrected chi connectivity index (χ3v) is 7.76. The Morgan fingerprint density at radius 1 is 0.927 bits per heavy atom. The topological polar surface area (TPSA) is 83.1 Å². The van der Waals surface area contributed by atoms with Crippen molar-refractivity contribution in [3.8, 4) is 28.4 Å². The second-order valence-corrected chi connectivity index (χ2v) is 10.5. The van der Waals surface area contributed by atoms with Crippen LogP contribution in [-0.2, 0) is 0 Å². The van der Waals surface area contributed by atoms with Gasteiger partial charge in [-0.3, -0.25) is 0 Å². The molecule has 3 N–H and O–H groups in total. The van der Waals surface area contributed by atoms with Gasteiger partial charge in [0, 0.05) is 40.4 Å². The molecule has 0 radical (unpaired) electrons. The fraction of sp³-hybridized carbons (Fsp3) is 0.182. The first-order chi connectivity index (χ1) is 20.0. The van der Waals surface area contributed by atoms with Crippen molar-refractivity contribution < 1.29 is 19.4 Å². The van der Waals surface area contributed by atoms with Gasteiger partial charge in [0.25, 0.3) is 0 Å². The van der Waals surface area contributed by atoms with Crippen molar-refractivity contribution in [2.75, 3.05) is 39.0 Å². The summed E-state index contributed by atoms with van der Waals surface area (Å²) in [4.78, 5) is 15.9. The number of carbonyl (C=O) groups is 1. The lowest BCUT2D eigenvalue weighted by atomic mass is 9.93. The molecule has 0 saturated carbocycles. The molecular formula is C33H33N3O4S. The number of nitrogens with zero attached hydrogens (tertiary/aromatic N) is 1. The molecule has 0 atom stereocenters. The molecule has 5 aromatic rings. The zero-order valence-corrected chi connectivity index (χ0v) is 24.1. The molecule has 41 heavy (non-hydrogen) atoms. The maximum atomic E-state index is 13.3. The van der Waals surface area contributed by atoms with Crippen molar-refractivity contribution in [3.63, 3.8) is 0 Å². The number of anilines is 1. The fourth-order valence-electron chi connectivity index (χ4n) is 4.78. The van der Waals surface area contributed by atoms with Crippen LogP contribution in [0.1, 0.15) is 6.42 Å². The van der Waals surface area contributed by atoms with Crippen LogP contribution in [0, 0.1) is 0 Å². The second-order valence-electron chi connectivity index (χ2n) is 9.65. The molecule has 8 heteroatoms. The van der Waals surface area contributed by atoms with Gasteiger partial charge in [-0.1, -0.05) is 54.6 Å². The van der Waals surface area contributed by atoms with Gasteiger partial charge in [-0.25, -0.2) is 4.79 Å². The summed E-state index contributed by atoms with van der Waals surface area (Å²) >= 11 is 1.47. The Bertz CT molecular complexity index is 1670. The molecule has 0 unspecified atom stereocenters. The van der Waals surface area contributed by atoms with Crippen LogP contribution in [0.25, 0.3) is 32.7 Å². The van der Waals surface area contributed by atoms with Crippen molar-refractivity contribution >= 4 is 45.3 Å². The number of aromatic hydroxyl groups is 1. The van der Waals surface area contributed by atoms with E-state index >= 15 is 0 Å². The Morgan fingerprint density at radius 3 is 2.37 bits per heavy atom. The molecule has 0 bridgehead atoms. The van der Waals surface area contributed by atoms with Crippen LogP contribution in [0.2, 0.25) is 0 Å². The van der Waals surface area contributed by atoms with Gasteiger partial charge in [-0.05, 0) is 79.1 Å². The first-order valence-corrected chi connectivity index (χ1v) is 14.2. The number of hydrogen-bond donors (Lipinski definition) is 3. The summed E-state index contributed by atoms with van der Waals surface area (Å²) in [5, 5.41) is 17.8. The number of methoxy groups -OCH3 is 1. The molecule has 0 spiro atoms. The monoisotopic (exact) mass is 567 g/mol. The van der Waals surface area contributed by atoms with Crippen LogP contribution in [-0.4, -0.2) is 50.4 Å². The Morgan fingerprint density at radius 2 is 1.63 bits per heavy atom. The number of hydrogen-bond acceptors (Lipinski definition) is 7. The standard InChI is InChI=1S/C33H33N3O4S/c1-34-19-8-20-36(2)33(38)40-32-27-12-7-6-11-26(27)29(35-41-24-16-14-23(39-3)15-17-24)21-28(32)31-25-10-5-4-9-22(25)13-18-30(31)37/h4-7,9-18,21,34-35,37H,8,19-20H2,1-3H3. The van der Waals surface area contributed by atoms with Gasteiger partial charge >= 0.3 is 6.09 Å². The zero-order valence-electron chi connectivity index (χ0n) is 23.3. The van der Waals surface area contributed by atoms with E-state index in [4.69, 9.17) is 9.47 Å².